The van der Waals surface area contributed by atoms with Crippen LogP contribution in [0.15, 0.2) is 36.4 Å². The summed E-state index contributed by atoms with van der Waals surface area (Å²) in [5.41, 5.74) is 7.24. The Balaban J connectivity index is 2.43. The van der Waals surface area contributed by atoms with Gasteiger partial charge in [-0.3, -0.25) is 5.84 Å². The minimum Gasteiger partial charge on any atom is -0.497 e. The van der Waals surface area contributed by atoms with Gasteiger partial charge in [0, 0.05) is 5.02 Å². The molecule has 0 spiro atoms. The lowest BCUT2D eigenvalue weighted by Gasteiger charge is -2.20. The number of nitrogens with one attached hydrogen (secondary N) is 1. The zero-order valence-electron chi connectivity index (χ0n) is 11.9. The molecule has 0 saturated carbocycles. The lowest BCUT2D eigenvalue weighted by Crippen LogP contribution is -2.29. The third kappa shape index (κ3) is 2.96. The van der Waals surface area contributed by atoms with Gasteiger partial charge in [-0.15, -0.1) is 0 Å². The molecule has 1 atom stereocenters. The zero-order valence-corrected chi connectivity index (χ0v) is 12.7. The molecule has 0 saturated heterocycles. The molecule has 0 heterocycles. The Labute approximate surface area is 124 Å². The van der Waals surface area contributed by atoms with E-state index >= 15 is 0 Å². The summed E-state index contributed by atoms with van der Waals surface area (Å²) in [4.78, 5) is 0. The molecule has 1 unspecified atom stereocenters. The highest BCUT2D eigenvalue weighted by Gasteiger charge is 2.15. The molecule has 20 heavy (non-hydrogen) atoms. The third-order valence-electron chi connectivity index (χ3n) is 3.47. The van der Waals surface area contributed by atoms with Crippen LogP contribution in [0.3, 0.4) is 0 Å². The first-order valence-electron chi connectivity index (χ1n) is 6.43. The van der Waals surface area contributed by atoms with Crippen LogP contribution in [0.2, 0.25) is 5.02 Å². The summed E-state index contributed by atoms with van der Waals surface area (Å²) in [6.45, 7) is 4.03. The van der Waals surface area contributed by atoms with Crippen molar-refractivity contribution in [2.24, 2.45) is 5.84 Å². The molecule has 0 radical (unpaired) electrons. The Bertz CT molecular complexity index is 613. The first-order chi connectivity index (χ1) is 9.56. The second-order valence-electron chi connectivity index (χ2n) is 4.83. The van der Waals surface area contributed by atoms with Gasteiger partial charge in [0.2, 0.25) is 0 Å². The van der Waals surface area contributed by atoms with Crippen molar-refractivity contribution in [1.29, 1.82) is 0 Å². The first-order valence-corrected chi connectivity index (χ1v) is 6.81. The largest absolute Gasteiger partial charge is 0.497 e. The Morgan fingerprint density at radius 3 is 2.40 bits per heavy atom. The molecule has 2 aromatic carbocycles. The average molecular weight is 291 g/mol. The van der Waals surface area contributed by atoms with Crippen LogP contribution in [0, 0.1) is 13.8 Å². The summed E-state index contributed by atoms with van der Waals surface area (Å²) in [5.74, 6) is 6.59. The number of hydrogen-bond donors (Lipinski definition) is 2. The summed E-state index contributed by atoms with van der Waals surface area (Å²) >= 11 is 6.08. The summed E-state index contributed by atoms with van der Waals surface area (Å²) in [6.07, 6.45) is 0. The minimum atomic E-state index is -0.0723. The van der Waals surface area contributed by atoms with Gasteiger partial charge in [0.1, 0.15) is 5.75 Å². The molecule has 0 aliphatic heterocycles. The number of benzene rings is 2. The van der Waals surface area contributed by atoms with E-state index in [2.05, 4.69) is 11.5 Å². The monoisotopic (exact) mass is 290 g/mol. The fraction of sp³-hybridized carbons (Fsp3) is 0.250. The molecule has 0 aliphatic rings. The van der Waals surface area contributed by atoms with Crippen LogP contribution >= 0.6 is 11.6 Å². The molecule has 0 aliphatic carbocycles. The molecular weight excluding hydrogens is 272 g/mol. The highest BCUT2D eigenvalue weighted by molar-refractivity contribution is 6.31. The van der Waals surface area contributed by atoms with E-state index in [0.717, 1.165) is 33.0 Å². The maximum Gasteiger partial charge on any atom is 0.119 e. The fourth-order valence-electron chi connectivity index (χ4n) is 2.31. The molecule has 106 valence electrons. The number of aryl methyl sites for hydroxylation is 2. The van der Waals surface area contributed by atoms with E-state index in [1.807, 2.05) is 44.2 Å². The highest BCUT2D eigenvalue weighted by atomic mass is 35.5. The van der Waals surface area contributed by atoms with Gasteiger partial charge in [0.25, 0.3) is 0 Å². The Morgan fingerprint density at radius 1 is 1.10 bits per heavy atom. The Hall–Kier alpha value is -1.55. The van der Waals surface area contributed by atoms with Crippen LogP contribution in [-0.4, -0.2) is 7.11 Å². The van der Waals surface area contributed by atoms with Crippen molar-refractivity contribution in [3.8, 4) is 5.75 Å². The molecule has 4 heteroatoms. The van der Waals surface area contributed by atoms with Crippen LogP contribution in [0.4, 0.5) is 0 Å². The van der Waals surface area contributed by atoms with Gasteiger partial charge in [-0.25, -0.2) is 5.43 Å². The lowest BCUT2D eigenvalue weighted by atomic mass is 9.94. The molecule has 3 nitrogen and oxygen atoms in total. The molecule has 2 aromatic rings. The second kappa shape index (κ2) is 6.27. The molecular formula is C16H19ClN2O. The van der Waals surface area contributed by atoms with Gasteiger partial charge in [0.15, 0.2) is 0 Å². The van der Waals surface area contributed by atoms with Crippen molar-refractivity contribution in [3.05, 3.63) is 63.7 Å². The predicted molar refractivity (Wildman–Crippen MR) is 83.1 cm³/mol. The molecule has 0 bridgehead atoms. The number of methoxy groups -OCH3 is 1. The zero-order chi connectivity index (χ0) is 14.7. The van der Waals surface area contributed by atoms with Gasteiger partial charge in [0.05, 0.1) is 13.2 Å². The molecule has 0 aromatic heterocycles. The summed E-state index contributed by atoms with van der Waals surface area (Å²) in [7, 11) is 1.66. The lowest BCUT2D eigenvalue weighted by molar-refractivity contribution is 0.414. The maximum absolute atomic E-state index is 6.08. The number of nitrogens with two attached hydrogens (primary N) is 1. The van der Waals surface area contributed by atoms with Crippen molar-refractivity contribution in [1.82, 2.24) is 5.43 Å². The van der Waals surface area contributed by atoms with E-state index < -0.39 is 0 Å². The van der Waals surface area contributed by atoms with E-state index in [-0.39, 0.29) is 6.04 Å². The van der Waals surface area contributed by atoms with E-state index in [0.29, 0.717) is 0 Å². The van der Waals surface area contributed by atoms with Crippen molar-refractivity contribution >= 4 is 11.6 Å². The number of halogens is 1. The summed E-state index contributed by atoms with van der Waals surface area (Å²) in [5, 5.41) is 0.760. The van der Waals surface area contributed by atoms with Crippen LogP contribution in [-0.2, 0) is 0 Å². The smallest absolute Gasteiger partial charge is 0.119 e. The van der Waals surface area contributed by atoms with Crippen molar-refractivity contribution < 1.29 is 4.74 Å². The normalized spacial score (nSPS) is 12.2. The van der Waals surface area contributed by atoms with Gasteiger partial charge < -0.3 is 4.74 Å². The van der Waals surface area contributed by atoms with Crippen LogP contribution in [0.1, 0.15) is 28.3 Å². The van der Waals surface area contributed by atoms with Crippen LogP contribution < -0.4 is 16.0 Å². The van der Waals surface area contributed by atoms with Gasteiger partial charge in [-0.1, -0.05) is 29.8 Å². The number of hydrazine groups is 1. The second-order valence-corrected chi connectivity index (χ2v) is 5.24. The number of ether oxygens (including phenoxy) is 1. The Morgan fingerprint density at radius 2 is 1.85 bits per heavy atom. The summed E-state index contributed by atoms with van der Waals surface area (Å²) in [6, 6.07) is 11.8. The fourth-order valence-corrected chi connectivity index (χ4v) is 2.43. The van der Waals surface area contributed by atoms with Gasteiger partial charge in [-0.05, 0) is 54.3 Å². The van der Waals surface area contributed by atoms with E-state index in [1.165, 1.54) is 0 Å². The van der Waals surface area contributed by atoms with Crippen LogP contribution in [0.25, 0.3) is 0 Å². The topological polar surface area (TPSA) is 47.3 Å². The minimum absolute atomic E-state index is 0.0723. The SMILES string of the molecule is COc1ccc(C(NN)c2ccc(Cl)c(C)c2)c(C)c1. The quantitative estimate of drug-likeness (QED) is 0.669. The molecule has 2 rings (SSSR count). The molecule has 0 amide bonds. The van der Waals surface area contributed by atoms with E-state index in [1.54, 1.807) is 7.11 Å². The molecule has 0 fully saturated rings. The standard InChI is InChI=1S/C16H19ClN2O/c1-10-9-13(20-3)5-6-14(10)16(19-18)12-4-7-15(17)11(2)8-12/h4-9,16,19H,18H2,1-3H3. The van der Waals surface area contributed by atoms with Crippen LogP contribution in [0.5, 0.6) is 5.75 Å². The van der Waals surface area contributed by atoms with Gasteiger partial charge in [-0.2, -0.15) is 0 Å². The van der Waals surface area contributed by atoms with Gasteiger partial charge >= 0.3 is 0 Å². The first kappa shape index (κ1) is 14.9. The maximum atomic E-state index is 6.08. The van der Waals surface area contributed by atoms with E-state index in [4.69, 9.17) is 22.2 Å². The molecule has 3 N–H and O–H groups in total. The van der Waals surface area contributed by atoms with Crippen molar-refractivity contribution in [2.45, 2.75) is 19.9 Å². The highest BCUT2D eigenvalue weighted by Crippen LogP contribution is 2.29. The van der Waals surface area contributed by atoms with E-state index in [9.17, 15) is 0 Å². The van der Waals surface area contributed by atoms with Crippen molar-refractivity contribution in [2.75, 3.05) is 7.11 Å². The predicted octanol–water partition coefficient (Wildman–Crippen LogP) is 3.52. The summed E-state index contributed by atoms with van der Waals surface area (Å²) < 4.78 is 5.23. The van der Waals surface area contributed by atoms with Crippen molar-refractivity contribution in [3.63, 3.8) is 0 Å². The third-order valence-corrected chi connectivity index (χ3v) is 3.89. The number of hydrogen-bond acceptors (Lipinski definition) is 3. The Kier molecular flexibility index (Phi) is 4.65. The average Bonchev–Trinajstić information content (AvgIpc) is 2.45. The number of rotatable bonds is 4.